The molecular formula is C21H16N4OS. The Labute approximate surface area is 160 Å². The lowest BCUT2D eigenvalue weighted by atomic mass is 10.1. The minimum atomic E-state index is 0.0432. The van der Waals surface area contributed by atoms with Crippen LogP contribution in [0.4, 0.5) is 0 Å². The molecule has 2 heterocycles. The van der Waals surface area contributed by atoms with Gasteiger partial charge in [0.05, 0.1) is 24.4 Å². The van der Waals surface area contributed by atoms with Crippen LogP contribution in [-0.4, -0.2) is 26.3 Å². The summed E-state index contributed by atoms with van der Waals surface area (Å²) in [5.74, 6) is 0.330. The van der Waals surface area contributed by atoms with E-state index >= 15 is 0 Å². The molecule has 0 saturated carbocycles. The van der Waals surface area contributed by atoms with Crippen molar-refractivity contribution in [1.82, 2.24) is 14.8 Å². The summed E-state index contributed by atoms with van der Waals surface area (Å²) in [6.45, 7) is 0.576. The van der Waals surface area contributed by atoms with Gasteiger partial charge in [0.1, 0.15) is 5.03 Å². The minimum Gasteiger partial charge on any atom is -0.346 e. The van der Waals surface area contributed by atoms with Gasteiger partial charge in [0.25, 0.3) is 0 Å². The average molecular weight is 372 g/mol. The summed E-state index contributed by atoms with van der Waals surface area (Å²) < 4.78 is 1.98. The fourth-order valence-corrected chi connectivity index (χ4v) is 4.01. The Morgan fingerprint density at radius 1 is 1.11 bits per heavy atom. The number of nitriles is 1. The van der Waals surface area contributed by atoms with Gasteiger partial charge in [-0.2, -0.15) is 10.4 Å². The number of carbonyl (C=O) groups excluding carboxylic acids is 1. The Morgan fingerprint density at radius 2 is 1.89 bits per heavy atom. The Kier molecular flexibility index (Phi) is 4.86. The largest absolute Gasteiger partial charge is 0.346 e. The number of aryl methyl sites for hydroxylation is 1. The average Bonchev–Trinajstić information content (AvgIpc) is 3.09. The molecule has 0 aliphatic rings. The number of ketones is 1. The van der Waals surface area contributed by atoms with E-state index in [4.69, 9.17) is 5.26 Å². The van der Waals surface area contributed by atoms with Crippen LogP contribution in [0.2, 0.25) is 0 Å². The number of aromatic nitrogens is 3. The van der Waals surface area contributed by atoms with Gasteiger partial charge in [0.15, 0.2) is 5.78 Å². The number of Topliss-reactive ketones (excluding diaryl/α,β-unsaturated/α-hetero) is 1. The number of hydrogen-bond acceptors (Lipinski definition) is 5. The number of thioether (sulfide) groups is 1. The van der Waals surface area contributed by atoms with Gasteiger partial charge in [0.2, 0.25) is 0 Å². The van der Waals surface area contributed by atoms with E-state index in [0.29, 0.717) is 18.5 Å². The number of para-hydroxylation sites is 1. The fraction of sp³-hybridized carbons (Fsp3) is 0.143. The van der Waals surface area contributed by atoms with Crippen LogP contribution in [0.1, 0.15) is 16.8 Å². The lowest BCUT2D eigenvalue weighted by Gasteiger charge is -2.03. The molecule has 5 nitrogen and oxygen atoms in total. The molecule has 27 heavy (non-hydrogen) atoms. The SMILES string of the molecule is N#CCCn1cc(C(=O)CSc2nncc3ccccc23)c2ccccc21. The molecule has 0 aliphatic carbocycles. The second-order valence-corrected chi connectivity index (χ2v) is 7.07. The zero-order valence-electron chi connectivity index (χ0n) is 14.5. The number of carbonyl (C=O) groups is 1. The van der Waals surface area contributed by atoms with Crippen molar-refractivity contribution in [3.8, 4) is 6.07 Å². The van der Waals surface area contributed by atoms with Gasteiger partial charge in [-0.05, 0) is 6.07 Å². The standard InChI is InChI=1S/C21H16N4OS/c22-10-5-11-25-13-18(17-8-3-4-9-19(17)25)20(26)14-27-21-16-7-2-1-6-15(16)12-23-24-21/h1-4,6-9,12-13H,5,11,14H2. The van der Waals surface area contributed by atoms with Gasteiger partial charge in [-0.1, -0.05) is 54.2 Å². The molecule has 4 aromatic rings. The van der Waals surface area contributed by atoms with E-state index in [9.17, 15) is 4.79 Å². The number of hydrogen-bond donors (Lipinski definition) is 0. The molecule has 0 N–H and O–H groups in total. The summed E-state index contributed by atoms with van der Waals surface area (Å²) in [4.78, 5) is 12.9. The number of benzene rings is 2. The van der Waals surface area contributed by atoms with E-state index in [1.54, 1.807) is 6.20 Å². The number of fused-ring (bicyclic) bond motifs is 2. The van der Waals surface area contributed by atoms with E-state index in [0.717, 1.165) is 26.7 Å². The smallest absolute Gasteiger partial charge is 0.175 e. The Balaban J connectivity index is 1.61. The van der Waals surface area contributed by atoms with Crippen LogP contribution < -0.4 is 0 Å². The van der Waals surface area contributed by atoms with Crippen molar-refractivity contribution in [2.24, 2.45) is 0 Å². The minimum absolute atomic E-state index is 0.0432. The molecule has 0 radical (unpaired) electrons. The summed E-state index contributed by atoms with van der Waals surface area (Å²) in [6.07, 6.45) is 4.00. The van der Waals surface area contributed by atoms with Gasteiger partial charge >= 0.3 is 0 Å². The molecule has 0 unspecified atom stereocenters. The maximum absolute atomic E-state index is 12.9. The van der Waals surface area contributed by atoms with Crippen molar-refractivity contribution >= 4 is 39.2 Å². The third-order valence-corrected chi connectivity index (χ3v) is 5.41. The van der Waals surface area contributed by atoms with E-state index in [2.05, 4.69) is 16.3 Å². The highest BCUT2D eigenvalue weighted by Crippen LogP contribution is 2.27. The Bertz CT molecular complexity index is 1170. The highest BCUT2D eigenvalue weighted by atomic mass is 32.2. The summed E-state index contributed by atoms with van der Waals surface area (Å²) >= 11 is 1.40. The van der Waals surface area contributed by atoms with Crippen LogP contribution >= 0.6 is 11.8 Å². The second-order valence-electron chi connectivity index (χ2n) is 6.11. The van der Waals surface area contributed by atoms with Gasteiger partial charge in [-0.25, -0.2) is 0 Å². The zero-order chi connectivity index (χ0) is 18.6. The summed E-state index contributed by atoms with van der Waals surface area (Å²) in [5.41, 5.74) is 1.66. The van der Waals surface area contributed by atoms with Gasteiger partial charge in [-0.3, -0.25) is 4.79 Å². The van der Waals surface area contributed by atoms with Crippen molar-refractivity contribution in [2.45, 2.75) is 18.0 Å². The van der Waals surface area contributed by atoms with Crippen LogP contribution in [0.5, 0.6) is 0 Å². The first kappa shape index (κ1) is 17.3. The molecule has 0 spiro atoms. The van der Waals surface area contributed by atoms with E-state index in [1.807, 2.05) is 59.3 Å². The first-order valence-electron chi connectivity index (χ1n) is 8.59. The van der Waals surface area contributed by atoms with Crippen molar-refractivity contribution in [2.75, 3.05) is 5.75 Å². The predicted molar refractivity (Wildman–Crippen MR) is 107 cm³/mol. The number of rotatable bonds is 6. The highest BCUT2D eigenvalue weighted by molar-refractivity contribution is 8.00. The van der Waals surface area contributed by atoms with Crippen LogP contribution in [0, 0.1) is 11.3 Å². The van der Waals surface area contributed by atoms with Crippen LogP contribution in [0.25, 0.3) is 21.7 Å². The van der Waals surface area contributed by atoms with Crippen molar-refractivity contribution < 1.29 is 4.79 Å². The highest BCUT2D eigenvalue weighted by Gasteiger charge is 2.16. The van der Waals surface area contributed by atoms with E-state index in [-0.39, 0.29) is 11.5 Å². The second kappa shape index (κ2) is 7.60. The first-order valence-corrected chi connectivity index (χ1v) is 9.58. The monoisotopic (exact) mass is 372 g/mol. The zero-order valence-corrected chi connectivity index (χ0v) is 15.3. The van der Waals surface area contributed by atoms with Gasteiger partial charge < -0.3 is 4.57 Å². The lowest BCUT2D eigenvalue weighted by molar-refractivity contribution is 0.102. The Hall–Kier alpha value is -3.17. The summed E-state index contributed by atoms with van der Waals surface area (Å²) in [7, 11) is 0. The van der Waals surface area contributed by atoms with Crippen LogP contribution in [-0.2, 0) is 6.54 Å². The molecule has 6 heteroatoms. The maximum atomic E-state index is 12.9. The van der Waals surface area contributed by atoms with Crippen molar-refractivity contribution in [3.63, 3.8) is 0 Å². The molecule has 2 aromatic carbocycles. The van der Waals surface area contributed by atoms with Crippen molar-refractivity contribution in [1.29, 1.82) is 5.26 Å². The van der Waals surface area contributed by atoms with E-state index < -0.39 is 0 Å². The van der Waals surface area contributed by atoms with Gasteiger partial charge in [-0.15, -0.1) is 5.10 Å². The van der Waals surface area contributed by atoms with Crippen LogP contribution in [0.3, 0.4) is 0 Å². The topological polar surface area (TPSA) is 71.6 Å². The maximum Gasteiger partial charge on any atom is 0.175 e. The summed E-state index contributed by atoms with van der Waals surface area (Å²) in [5, 5.41) is 20.8. The molecule has 0 atom stereocenters. The predicted octanol–water partition coefficient (Wildman–Crippen LogP) is 4.47. The third kappa shape index (κ3) is 3.42. The molecular weight excluding hydrogens is 356 g/mol. The third-order valence-electron chi connectivity index (χ3n) is 4.43. The van der Waals surface area contributed by atoms with Crippen LogP contribution in [0.15, 0.2) is 66.0 Å². The molecule has 0 amide bonds. The van der Waals surface area contributed by atoms with Gasteiger partial charge in [0, 0.05) is 40.0 Å². The normalized spacial score (nSPS) is 10.9. The molecule has 4 rings (SSSR count). The lowest BCUT2D eigenvalue weighted by Crippen LogP contribution is -2.03. The summed E-state index contributed by atoms with van der Waals surface area (Å²) in [6, 6.07) is 17.9. The fourth-order valence-electron chi connectivity index (χ4n) is 3.14. The molecule has 132 valence electrons. The molecule has 0 saturated heterocycles. The molecule has 0 aliphatic heterocycles. The molecule has 0 fully saturated rings. The first-order chi connectivity index (χ1) is 13.3. The van der Waals surface area contributed by atoms with E-state index in [1.165, 1.54) is 11.8 Å². The quantitative estimate of drug-likeness (QED) is 0.369. The Morgan fingerprint density at radius 3 is 2.74 bits per heavy atom. The number of nitrogens with zero attached hydrogens (tertiary/aromatic N) is 4. The van der Waals surface area contributed by atoms with Crippen molar-refractivity contribution in [3.05, 3.63) is 66.5 Å². The molecule has 2 aromatic heterocycles. The molecule has 0 bridgehead atoms.